The molecule has 5 heteroatoms. The van der Waals surface area contributed by atoms with Gasteiger partial charge in [-0.05, 0) is 39.5 Å². The Hall–Kier alpha value is -0.940. The van der Waals surface area contributed by atoms with Gasteiger partial charge in [-0.25, -0.2) is 4.68 Å². The quantitative estimate of drug-likeness (QED) is 0.885. The molecule has 0 aromatic carbocycles. The van der Waals surface area contributed by atoms with Crippen LogP contribution in [-0.4, -0.2) is 34.2 Å². The van der Waals surface area contributed by atoms with Gasteiger partial charge in [0, 0.05) is 19.7 Å². The van der Waals surface area contributed by atoms with Crippen molar-refractivity contribution in [3.8, 4) is 0 Å². The van der Waals surface area contributed by atoms with Crippen molar-refractivity contribution in [1.29, 1.82) is 0 Å². The van der Waals surface area contributed by atoms with Crippen LogP contribution in [0.5, 0.6) is 0 Å². The van der Waals surface area contributed by atoms with Crippen LogP contribution in [0.2, 0.25) is 0 Å². The highest BCUT2D eigenvalue weighted by Gasteiger charge is 2.26. The molecule has 1 aromatic rings. The molecule has 1 N–H and O–H groups in total. The highest BCUT2D eigenvalue weighted by molar-refractivity contribution is 4.94. The molecule has 2 rings (SSSR count). The lowest BCUT2D eigenvalue weighted by Gasteiger charge is -2.17. The number of aromatic nitrogens is 3. The van der Waals surface area contributed by atoms with Crippen LogP contribution in [0.15, 0.2) is 6.20 Å². The second kappa shape index (κ2) is 6.01. The smallest absolute Gasteiger partial charge is 0.0965 e. The molecule has 2 unspecified atom stereocenters. The third-order valence-electron chi connectivity index (χ3n) is 3.69. The second-order valence-electron chi connectivity index (χ2n) is 6.32. The van der Waals surface area contributed by atoms with Crippen molar-refractivity contribution in [3.05, 3.63) is 11.9 Å². The van der Waals surface area contributed by atoms with Gasteiger partial charge in [-0.3, -0.25) is 0 Å². The molecule has 0 amide bonds. The molecule has 1 saturated heterocycles. The van der Waals surface area contributed by atoms with Gasteiger partial charge in [0.25, 0.3) is 0 Å². The molecule has 2 atom stereocenters. The summed E-state index contributed by atoms with van der Waals surface area (Å²) in [5.74, 6) is 0.641. The van der Waals surface area contributed by atoms with E-state index in [0.717, 1.165) is 31.8 Å². The number of nitrogens with zero attached hydrogens (tertiary/aromatic N) is 3. The maximum Gasteiger partial charge on any atom is 0.0965 e. The van der Waals surface area contributed by atoms with Crippen LogP contribution in [0.1, 0.15) is 46.2 Å². The molecule has 1 aliphatic rings. The first-order valence-electron chi connectivity index (χ1n) is 7.24. The molecule has 5 nitrogen and oxygen atoms in total. The van der Waals surface area contributed by atoms with Gasteiger partial charge in [0.1, 0.15) is 0 Å². The van der Waals surface area contributed by atoms with Crippen LogP contribution >= 0.6 is 0 Å². The van der Waals surface area contributed by atoms with E-state index in [9.17, 15) is 0 Å². The number of ether oxygens (including phenoxy) is 1. The molecule has 1 aliphatic heterocycles. The largest absolute Gasteiger partial charge is 0.378 e. The Balaban J connectivity index is 1.78. The average Bonchev–Trinajstić information content (AvgIpc) is 2.96. The summed E-state index contributed by atoms with van der Waals surface area (Å²) in [7, 11) is 0. The fraction of sp³-hybridized carbons (Fsp3) is 0.857. The zero-order valence-corrected chi connectivity index (χ0v) is 12.5. The molecular formula is C14H26N4O. The third kappa shape index (κ3) is 3.76. The van der Waals surface area contributed by atoms with Gasteiger partial charge in [0.05, 0.1) is 23.5 Å². The van der Waals surface area contributed by atoms with E-state index >= 15 is 0 Å². The van der Waals surface area contributed by atoms with Crippen LogP contribution in [0.3, 0.4) is 0 Å². The maximum atomic E-state index is 5.69. The average molecular weight is 266 g/mol. The maximum absolute atomic E-state index is 5.69. The van der Waals surface area contributed by atoms with Crippen LogP contribution < -0.4 is 5.32 Å². The molecule has 0 aliphatic carbocycles. The molecule has 0 spiro atoms. The van der Waals surface area contributed by atoms with Crippen molar-refractivity contribution >= 4 is 0 Å². The first kappa shape index (κ1) is 14.5. The Kier molecular flexibility index (Phi) is 4.58. The zero-order chi connectivity index (χ0) is 13.9. The molecule has 19 heavy (non-hydrogen) atoms. The highest BCUT2D eigenvalue weighted by Crippen LogP contribution is 2.22. The zero-order valence-electron chi connectivity index (χ0n) is 12.5. The Labute approximate surface area is 115 Å². The number of hydrogen-bond acceptors (Lipinski definition) is 4. The second-order valence-corrected chi connectivity index (χ2v) is 6.32. The topological polar surface area (TPSA) is 52.0 Å². The lowest BCUT2D eigenvalue weighted by atomic mass is 10.00. The van der Waals surface area contributed by atoms with Crippen molar-refractivity contribution in [3.63, 3.8) is 0 Å². The van der Waals surface area contributed by atoms with E-state index in [1.165, 1.54) is 6.42 Å². The molecule has 0 saturated carbocycles. The van der Waals surface area contributed by atoms with Gasteiger partial charge >= 0.3 is 0 Å². The summed E-state index contributed by atoms with van der Waals surface area (Å²) in [6, 6.07) is 0. The van der Waals surface area contributed by atoms with Crippen molar-refractivity contribution in [1.82, 2.24) is 20.3 Å². The van der Waals surface area contributed by atoms with E-state index in [1.807, 2.05) is 10.9 Å². The summed E-state index contributed by atoms with van der Waals surface area (Å²) in [6.07, 6.45) is 4.72. The third-order valence-corrected chi connectivity index (χ3v) is 3.69. The van der Waals surface area contributed by atoms with E-state index in [0.29, 0.717) is 12.0 Å². The Bertz CT molecular complexity index is 396. The monoisotopic (exact) mass is 266 g/mol. The number of nitrogens with one attached hydrogen (secondary N) is 1. The molecule has 2 heterocycles. The van der Waals surface area contributed by atoms with Crippen molar-refractivity contribution in [2.24, 2.45) is 5.92 Å². The molecule has 0 bridgehead atoms. The number of rotatable bonds is 5. The molecule has 1 fully saturated rings. The Morgan fingerprint density at radius 3 is 2.89 bits per heavy atom. The van der Waals surface area contributed by atoms with Crippen LogP contribution in [0.4, 0.5) is 0 Å². The van der Waals surface area contributed by atoms with E-state index in [-0.39, 0.29) is 5.54 Å². The van der Waals surface area contributed by atoms with E-state index in [2.05, 4.69) is 43.3 Å². The fourth-order valence-corrected chi connectivity index (χ4v) is 2.47. The van der Waals surface area contributed by atoms with Gasteiger partial charge in [-0.1, -0.05) is 12.1 Å². The predicted octanol–water partition coefficient (Wildman–Crippen LogP) is 1.94. The predicted molar refractivity (Wildman–Crippen MR) is 74.9 cm³/mol. The summed E-state index contributed by atoms with van der Waals surface area (Å²) in [6.45, 7) is 11.3. The minimum atomic E-state index is -0.00213. The van der Waals surface area contributed by atoms with Crippen molar-refractivity contribution < 1.29 is 4.74 Å². The summed E-state index contributed by atoms with van der Waals surface area (Å²) in [4.78, 5) is 0. The molecular weight excluding hydrogens is 240 g/mol. The minimum Gasteiger partial charge on any atom is -0.378 e. The normalized spacial score (nSPS) is 24.0. The van der Waals surface area contributed by atoms with Gasteiger partial charge in [-0.15, -0.1) is 5.10 Å². The first-order valence-corrected chi connectivity index (χ1v) is 7.24. The summed E-state index contributed by atoms with van der Waals surface area (Å²) >= 11 is 0. The summed E-state index contributed by atoms with van der Waals surface area (Å²) in [5, 5.41) is 11.9. The van der Waals surface area contributed by atoms with Gasteiger partial charge < -0.3 is 10.1 Å². The molecule has 1 aromatic heterocycles. The Morgan fingerprint density at radius 2 is 2.26 bits per heavy atom. The fourth-order valence-electron chi connectivity index (χ4n) is 2.47. The van der Waals surface area contributed by atoms with Gasteiger partial charge in [-0.2, -0.15) is 0 Å². The summed E-state index contributed by atoms with van der Waals surface area (Å²) in [5.41, 5.74) is 1.000. The van der Waals surface area contributed by atoms with Gasteiger partial charge in [0.15, 0.2) is 0 Å². The minimum absolute atomic E-state index is 0.00213. The van der Waals surface area contributed by atoms with Gasteiger partial charge in [0.2, 0.25) is 0 Å². The number of hydrogen-bond donors (Lipinski definition) is 1. The van der Waals surface area contributed by atoms with Crippen molar-refractivity contribution in [2.75, 3.05) is 13.2 Å². The van der Waals surface area contributed by atoms with Crippen molar-refractivity contribution in [2.45, 2.75) is 58.7 Å². The van der Waals surface area contributed by atoms with Crippen LogP contribution in [-0.2, 0) is 16.8 Å². The first-order chi connectivity index (χ1) is 9.00. The lowest BCUT2D eigenvalue weighted by molar-refractivity contribution is 0.0872. The van der Waals surface area contributed by atoms with E-state index in [4.69, 9.17) is 4.74 Å². The molecule has 0 radical (unpaired) electrons. The lowest BCUT2D eigenvalue weighted by Crippen LogP contribution is -2.28. The van der Waals surface area contributed by atoms with E-state index in [1.54, 1.807) is 0 Å². The summed E-state index contributed by atoms with van der Waals surface area (Å²) < 4.78 is 7.61. The molecule has 108 valence electrons. The van der Waals surface area contributed by atoms with E-state index < -0.39 is 0 Å². The highest BCUT2D eigenvalue weighted by atomic mass is 16.5. The Morgan fingerprint density at radius 1 is 1.47 bits per heavy atom. The SMILES string of the molecule is CCC1OCCC1CNCc1cn(C(C)(C)C)nn1. The van der Waals surface area contributed by atoms with Crippen LogP contribution in [0, 0.1) is 5.92 Å². The standard InChI is InChI=1S/C14H26N4O/c1-5-13-11(6-7-19-13)8-15-9-12-10-18(17-16-12)14(2,3)4/h10-11,13,15H,5-9H2,1-4H3. The van der Waals surface area contributed by atoms with Crippen LogP contribution in [0.25, 0.3) is 0 Å².